The third-order valence-corrected chi connectivity index (χ3v) is 22.3. The third kappa shape index (κ3) is 35.6. The first kappa shape index (κ1) is 99.9. The van der Waals surface area contributed by atoms with E-state index in [1.165, 1.54) is 83.4 Å². The number of hydrogen-bond acceptors (Lipinski definition) is 12. The molecule has 122 heavy (non-hydrogen) atoms. The van der Waals surface area contributed by atoms with Crippen LogP contribution >= 0.6 is 0 Å². The number of nitrogens with one attached hydrogen (secondary N) is 6. The molecule has 0 aliphatic heterocycles. The van der Waals surface area contributed by atoms with Crippen molar-refractivity contribution in [3.05, 3.63) is 297 Å². The van der Waals surface area contributed by atoms with Gasteiger partial charge in [0.1, 0.15) is 5.82 Å². The van der Waals surface area contributed by atoms with Gasteiger partial charge in [-0.15, -0.1) is 0 Å². The van der Waals surface area contributed by atoms with Crippen molar-refractivity contribution in [2.45, 2.75) is 226 Å². The van der Waals surface area contributed by atoms with Gasteiger partial charge in [-0.3, -0.25) is 24.0 Å². The third-order valence-electron chi connectivity index (χ3n) is 20.0. The lowest BCUT2D eigenvalue weighted by molar-refractivity contribution is -0.117. The quantitative estimate of drug-likeness (QED) is 0.0227. The molecule has 20 nitrogen and oxygen atoms in total. The maximum atomic E-state index is 13.6. The van der Waals surface area contributed by atoms with Gasteiger partial charge in [0.25, 0.3) is 0 Å². The van der Waals surface area contributed by atoms with Gasteiger partial charge in [-0.05, 0) is 207 Å². The summed E-state index contributed by atoms with van der Waals surface area (Å²) in [5, 5.41) is 32.2. The number of halogens is 1. The van der Waals surface area contributed by atoms with E-state index >= 15 is 0 Å². The fourth-order valence-electron chi connectivity index (χ4n) is 12.3. The lowest BCUT2D eigenvalue weighted by atomic mass is 9.86. The average molecular weight is 1700 g/mol. The number of para-hydroxylation sites is 1. The number of hydrogen-bond donors (Lipinski definition) is 8. The number of sulfonamides is 2. The van der Waals surface area contributed by atoms with E-state index in [2.05, 4.69) is 262 Å². The van der Waals surface area contributed by atoms with E-state index in [-0.39, 0.29) is 79.6 Å². The summed E-state index contributed by atoms with van der Waals surface area (Å²) >= 11 is 0. The van der Waals surface area contributed by atoms with Gasteiger partial charge >= 0.3 is 0 Å². The van der Waals surface area contributed by atoms with E-state index in [4.69, 9.17) is 15.0 Å². The smallest absolute Gasteiger partial charge is 0.238 e. The van der Waals surface area contributed by atoms with Crippen molar-refractivity contribution in [1.82, 2.24) is 14.5 Å². The fraction of sp³-hybridized carbons (Fsp3) is 0.374. The molecule has 0 aliphatic rings. The van der Waals surface area contributed by atoms with Crippen LogP contribution in [0.25, 0.3) is 0 Å². The van der Waals surface area contributed by atoms with E-state index in [9.17, 15) is 45.2 Å². The average Bonchev–Trinajstić information content (AvgIpc) is 1.13. The molecule has 0 unspecified atom stereocenters. The highest BCUT2D eigenvalue weighted by Gasteiger charge is 2.21. The molecule has 654 valence electrons. The number of amides is 5. The van der Waals surface area contributed by atoms with Crippen molar-refractivity contribution in [3.8, 4) is 5.75 Å². The van der Waals surface area contributed by atoms with Gasteiger partial charge in [0.05, 0.1) is 29.6 Å². The number of carbonyl (C=O) groups is 5. The number of anilines is 5. The van der Waals surface area contributed by atoms with Crippen LogP contribution in [0, 0.1) is 5.82 Å². The van der Waals surface area contributed by atoms with Gasteiger partial charge in [0.15, 0.2) is 11.6 Å². The second kappa shape index (κ2) is 46.3. The summed E-state index contributed by atoms with van der Waals surface area (Å²) in [4.78, 5) is 60.4. The number of aromatic nitrogens is 2. The van der Waals surface area contributed by atoms with Crippen LogP contribution in [0.15, 0.2) is 229 Å². The molecular weight excluding hydrogens is 1570 g/mol. The van der Waals surface area contributed by atoms with E-state index in [0.717, 1.165) is 53.1 Å². The zero-order chi connectivity index (χ0) is 90.2. The number of primary sulfonamides is 1. The minimum absolute atomic E-state index is 0.0180. The predicted octanol–water partition coefficient (Wildman–Crippen LogP) is 19.4. The van der Waals surface area contributed by atoms with E-state index in [1.54, 1.807) is 47.3 Å². The van der Waals surface area contributed by atoms with Gasteiger partial charge in [-0.25, -0.2) is 35.8 Å². The highest BCUT2D eigenvalue weighted by molar-refractivity contribution is 7.89. The van der Waals surface area contributed by atoms with Gasteiger partial charge in [-0.2, -0.15) is 5.10 Å². The van der Waals surface area contributed by atoms with Gasteiger partial charge < -0.3 is 36.4 Å². The van der Waals surface area contributed by atoms with Crippen LogP contribution in [0.2, 0.25) is 0 Å². The first-order chi connectivity index (χ1) is 57.2. The van der Waals surface area contributed by atoms with Crippen molar-refractivity contribution < 1.29 is 55.0 Å². The number of methoxy groups -OCH3 is 1. The minimum atomic E-state index is -3.72. The van der Waals surface area contributed by atoms with Gasteiger partial charge in [0.2, 0.25) is 49.6 Å². The number of ether oxygens (including phenoxy) is 1. The van der Waals surface area contributed by atoms with Crippen LogP contribution in [-0.4, -0.2) is 82.0 Å². The predicted molar refractivity (Wildman–Crippen MR) is 494 cm³/mol. The Hall–Kier alpha value is -11.0. The number of benzene rings is 9. The molecule has 0 radical (unpaired) electrons. The highest BCUT2D eigenvalue weighted by atomic mass is 32.2. The Balaban J connectivity index is 0.000000236. The van der Waals surface area contributed by atoms with Crippen molar-refractivity contribution >= 4 is 78.1 Å². The van der Waals surface area contributed by atoms with Crippen molar-refractivity contribution in [1.29, 1.82) is 0 Å². The molecule has 0 saturated heterocycles. The summed E-state index contributed by atoms with van der Waals surface area (Å²) in [6, 6.07) is 68.5. The lowest BCUT2D eigenvalue weighted by Crippen LogP contribution is -2.20. The normalized spacial score (nSPS) is 11.6. The number of nitrogens with two attached hydrogens (primary N) is 1. The van der Waals surface area contributed by atoms with Crippen LogP contribution in [-0.2, 0) is 122 Å². The van der Waals surface area contributed by atoms with E-state index in [0.29, 0.717) is 80.4 Å². The first-order valence-electron chi connectivity index (χ1n) is 41.4. The van der Waals surface area contributed by atoms with Crippen LogP contribution in [0.3, 0.4) is 0 Å². The maximum Gasteiger partial charge on any atom is 0.238 e. The number of aliphatic hydroxyl groups is 1. The van der Waals surface area contributed by atoms with Crippen molar-refractivity contribution in [2.75, 3.05) is 47.3 Å². The second-order valence-corrected chi connectivity index (χ2v) is 38.7. The Morgan fingerprint density at radius 3 is 0.975 bits per heavy atom. The molecule has 0 atom stereocenters. The molecule has 0 fully saturated rings. The highest BCUT2D eigenvalue weighted by Crippen LogP contribution is 2.31. The molecule has 23 heteroatoms. The Morgan fingerprint density at radius 2 is 0.689 bits per heavy atom. The molecule has 1 heterocycles. The largest absolute Gasteiger partial charge is 0.492 e. The number of aliphatic hydroxyl groups excluding tert-OH is 1. The Labute approximate surface area is 724 Å². The first-order valence-corrected chi connectivity index (χ1v) is 44.6. The second-order valence-electron chi connectivity index (χ2n) is 35.2. The van der Waals surface area contributed by atoms with Gasteiger partial charge in [-0.1, -0.05) is 256 Å². The molecule has 0 spiro atoms. The number of carbonyl (C=O) groups excluding carboxylic acids is 5. The fourth-order valence-corrected chi connectivity index (χ4v) is 13.6. The Kier molecular flexibility index (Phi) is 37.9. The maximum absolute atomic E-state index is 13.6. The SMILES string of the molecule is CC(C)(C)c1ccc(CCC(=O)Nc2ccc(CCO)cc2)cc1.CC(C)(C)c1ccc(CCC(=O)Nc2ccc(S(N)(=O)=O)cc2)cc1.CCn1nccc1NC(=O)CCc1ccc(C(C)(C)C)cc1.CNS(=O)(=O)Cc1ccc(NC(=O)CCc2ccc(C(C)(C)C)cc2)cc1.COc1c(F)cccc1NC(=O)CCc1ccc(C(C)(C)C)cc1. The monoisotopic (exact) mass is 1700 g/mol. The summed E-state index contributed by atoms with van der Waals surface area (Å²) in [5.74, 6) is -0.0704. The van der Waals surface area contributed by atoms with Gasteiger partial charge in [0, 0.05) is 68.4 Å². The molecule has 0 bridgehead atoms. The Bertz CT molecular complexity index is 5200. The van der Waals surface area contributed by atoms with Crippen LogP contribution in [0.4, 0.5) is 33.0 Å². The number of nitrogens with zero attached hydrogens (tertiary/aromatic N) is 2. The zero-order valence-corrected chi connectivity index (χ0v) is 76.1. The summed E-state index contributed by atoms with van der Waals surface area (Å²) in [6.07, 6.45) is 7.79. The van der Waals surface area contributed by atoms with Crippen LogP contribution in [0.5, 0.6) is 5.75 Å². The molecule has 0 saturated carbocycles. The minimum Gasteiger partial charge on any atom is -0.492 e. The van der Waals surface area contributed by atoms with Crippen LogP contribution < -0.4 is 41.2 Å². The zero-order valence-electron chi connectivity index (χ0n) is 74.5. The topological polar surface area (TPSA) is 299 Å². The van der Waals surface area contributed by atoms with Crippen molar-refractivity contribution in [3.63, 3.8) is 0 Å². The number of rotatable bonds is 28. The molecule has 0 aliphatic carbocycles. The summed E-state index contributed by atoms with van der Waals surface area (Å²) < 4.78 is 68.2. The Morgan fingerprint density at radius 1 is 0.402 bits per heavy atom. The van der Waals surface area contributed by atoms with Crippen molar-refractivity contribution in [2.24, 2.45) is 5.14 Å². The number of aryl methyl sites for hydroxylation is 6. The molecule has 5 amide bonds. The molecule has 9 aromatic carbocycles. The van der Waals surface area contributed by atoms with E-state index < -0.39 is 25.9 Å². The van der Waals surface area contributed by atoms with E-state index in [1.807, 2.05) is 37.3 Å². The molecule has 10 aromatic rings. The summed E-state index contributed by atoms with van der Waals surface area (Å²) in [6.45, 7) is 35.6. The molecule has 9 N–H and O–H groups in total. The van der Waals surface area contributed by atoms with Crippen LogP contribution in [0.1, 0.15) is 210 Å². The standard InChI is InChI=1S/C21H28N2O3S.C21H27NO2.C20H24FNO2.C19H24N2O3S.C18H25N3O/c1-21(2,3)18-10-5-16(6-11-18)9-14-20(24)23-19-12-7-17(8-13-19)15-27(25,26)22-4;1-21(2,3)18-9-4-16(5-10-18)8-13-20(24)22-19-11-6-17(7-12-19)14-15-23;1-20(2,3)15-11-8-14(9-12-15)10-13-18(23)22-17-7-5-6-16(21)19(17)24-4;1-19(2,3)15-7-4-14(5-8-15)6-13-18(22)21-16-9-11-17(12-10-16)25(20,23)24;1-5-21-16(12-13-19-21)20-17(22)11-8-14-6-9-15(10-7-14)18(2,3)4/h5-8,10-13,22H,9,14-15H2,1-4H3,(H,23,24);4-7,9-12,23H,8,13-15H2,1-3H3,(H,22,24);5-9,11-12H,10,13H2,1-4H3,(H,22,23);4-5,7-12H,6,13H2,1-3H3,(H,21,22)(H2,20,23,24);6-7,9-10,12-13H,5,8,11H2,1-4H3,(H,20,22). The molecular formula is C99H128FN9O11S2. The lowest BCUT2D eigenvalue weighted by Gasteiger charge is -2.19. The molecule has 1 aromatic heterocycles. The molecule has 10 rings (SSSR count). The summed E-state index contributed by atoms with van der Waals surface area (Å²) in [5.41, 5.74) is 16.9. The summed E-state index contributed by atoms with van der Waals surface area (Å²) in [7, 11) is -4.25.